The lowest BCUT2D eigenvalue weighted by Crippen LogP contribution is -2.17. The van der Waals surface area contributed by atoms with Crippen LogP contribution in [0.5, 0.6) is 17.2 Å². The first-order chi connectivity index (χ1) is 16.0. The van der Waals surface area contributed by atoms with E-state index in [2.05, 4.69) is 33.0 Å². The second-order valence-corrected chi connectivity index (χ2v) is 7.68. The van der Waals surface area contributed by atoms with Crippen LogP contribution in [0.25, 0.3) is 0 Å². The van der Waals surface area contributed by atoms with Crippen molar-refractivity contribution in [3.8, 4) is 17.2 Å². The van der Waals surface area contributed by atoms with E-state index in [-0.39, 0.29) is 12.4 Å². The SMILES string of the molecule is C=CCOc1ccc(C(=O)N/N=C/c2cc(Br)ccc2OCc2cccc(F)c2)cc1OC. The van der Waals surface area contributed by atoms with Crippen molar-refractivity contribution in [3.05, 3.63) is 100 Å². The summed E-state index contributed by atoms with van der Waals surface area (Å²) in [6.45, 7) is 4.11. The average molecular weight is 513 g/mol. The van der Waals surface area contributed by atoms with Gasteiger partial charge in [0, 0.05) is 15.6 Å². The van der Waals surface area contributed by atoms with Crippen molar-refractivity contribution in [2.45, 2.75) is 6.61 Å². The van der Waals surface area contributed by atoms with Gasteiger partial charge in [-0.05, 0) is 54.1 Å². The normalized spacial score (nSPS) is 10.6. The molecule has 33 heavy (non-hydrogen) atoms. The highest BCUT2D eigenvalue weighted by Gasteiger charge is 2.11. The minimum absolute atomic E-state index is 0.187. The van der Waals surface area contributed by atoms with Crippen LogP contribution in [0.4, 0.5) is 4.39 Å². The highest BCUT2D eigenvalue weighted by Crippen LogP contribution is 2.28. The van der Waals surface area contributed by atoms with Gasteiger partial charge in [0.25, 0.3) is 5.91 Å². The molecule has 0 saturated heterocycles. The highest BCUT2D eigenvalue weighted by molar-refractivity contribution is 9.10. The number of ether oxygens (including phenoxy) is 3. The molecule has 0 radical (unpaired) electrons. The first-order valence-electron chi connectivity index (χ1n) is 9.92. The topological polar surface area (TPSA) is 69.2 Å². The number of nitrogens with one attached hydrogen (secondary N) is 1. The number of hydrogen-bond acceptors (Lipinski definition) is 5. The van der Waals surface area contributed by atoms with Crippen LogP contribution in [0.3, 0.4) is 0 Å². The van der Waals surface area contributed by atoms with Gasteiger partial charge in [-0.1, -0.05) is 40.7 Å². The number of carbonyl (C=O) groups excluding carboxylic acids is 1. The molecule has 3 rings (SSSR count). The standard InChI is InChI=1S/C25H22BrFN2O4/c1-3-11-32-23-9-7-18(14-24(23)31-2)25(30)29-28-15-19-13-20(26)8-10-22(19)33-16-17-5-4-6-21(27)12-17/h3-10,12-15H,1,11,16H2,2H3,(H,29,30)/b28-15+. The van der Waals surface area contributed by atoms with Gasteiger partial charge in [0.1, 0.15) is 24.8 Å². The molecule has 0 fully saturated rings. The van der Waals surface area contributed by atoms with E-state index in [0.29, 0.717) is 40.5 Å². The van der Waals surface area contributed by atoms with Crippen LogP contribution in [-0.4, -0.2) is 25.8 Å². The minimum Gasteiger partial charge on any atom is -0.493 e. The van der Waals surface area contributed by atoms with E-state index in [1.807, 2.05) is 6.07 Å². The number of halogens is 2. The fourth-order valence-electron chi connectivity index (χ4n) is 2.84. The molecular weight excluding hydrogens is 491 g/mol. The summed E-state index contributed by atoms with van der Waals surface area (Å²) in [7, 11) is 1.49. The first kappa shape index (κ1) is 24.0. The number of rotatable bonds is 10. The number of carbonyl (C=O) groups is 1. The highest BCUT2D eigenvalue weighted by atomic mass is 79.9. The second-order valence-electron chi connectivity index (χ2n) is 6.77. The van der Waals surface area contributed by atoms with Gasteiger partial charge in [0.05, 0.1) is 13.3 Å². The van der Waals surface area contributed by atoms with Crippen LogP contribution in [0.15, 0.2) is 82.9 Å². The van der Waals surface area contributed by atoms with Gasteiger partial charge in [-0.2, -0.15) is 5.10 Å². The van der Waals surface area contributed by atoms with Gasteiger partial charge in [-0.15, -0.1) is 0 Å². The maximum absolute atomic E-state index is 13.4. The van der Waals surface area contributed by atoms with E-state index < -0.39 is 5.91 Å². The average Bonchev–Trinajstić information content (AvgIpc) is 2.82. The van der Waals surface area contributed by atoms with E-state index in [1.165, 1.54) is 25.5 Å². The second kappa shape index (κ2) is 11.8. The molecule has 0 aliphatic heterocycles. The molecule has 1 amide bonds. The van der Waals surface area contributed by atoms with E-state index in [1.54, 1.807) is 48.5 Å². The molecule has 0 saturated carbocycles. The lowest BCUT2D eigenvalue weighted by atomic mass is 10.2. The van der Waals surface area contributed by atoms with Crippen molar-refractivity contribution in [2.75, 3.05) is 13.7 Å². The molecule has 8 heteroatoms. The van der Waals surface area contributed by atoms with Crippen LogP contribution < -0.4 is 19.6 Å². The van der Waals surface area contributed by atoms with Crippen LogP contribution >= 0.6 is 15.9 Å². The lowest BCUT2D eigenvalue weighted by molar-refractivity contribution is 0.0954. The van der Waals surface area contributed by atoms with E-state index in [0.717, 1.165) is 4.47 Å². The Morgan fingerprint density at radius 1 is 1.09 bits per heavy atom. The molecule has 170 valence electrons. The van der Waals surface area contributed by atoms with Gasteiger partial charge < -0.3 is 14.2 Å². The molecule has 0 heterocycles. The van der Waals surface area contributed by atoms with E-state index in [9.17, 15) is 9.18 Å². The van der Waals surface area contributed by atoms with Crippen molar-refractivity contribution in [2.24, 2.45) is 5.10 Å². The molecule has 6 nitrogen and oxygen atoms in total. The van der Waals surface area contributed by atoms with Crippen LogP contribution in [0.2, 0.25) is 0 Å². The summed E-state index contributed by atoms with van der Waals surface area (Å²) in [5, 5.41) is 4.05. The summed E-state index contributed by atoms with van der Waals surface area (Å²) in [5.74, 6) is 0.719. The zero-order valence-corrected chi connectivity index (χ0v) is 19.5. The molecule has 1 N–H and O–H groups in total. The molecule has 0 aromatic heterocycles. The Hall–Kier alpha value is -3.65. The molecule has 3 aromatic rings. The first-order valence-corrected chi connectivity index (χ1v) is 10.7. The third kappa shape index (κ3) is 6.92. The summed E-state index contributed by atoms with van der Waals surface area (Å²) in [6, 6.07) is 16.4. The third-order valence-electron chi connectivity index (χ3n) is 4.41. The van der Waals surface area contributed by atoms with Gasteiger partial charge >= 0.3 is 0 Å². The number of hydrogen-bond donors (Lipinski definition) is 1. The summed E-state index contributed by atoms with van der Waals surface area (Å²) in [5.41, 5.74) is 4.17. The third-order valence-corrected chi connectivity index (χ3v) is 4.90. The summed E-state index contributed by atoms with van der Waals surface area (Å²) in [4.78, 5) is 12.5. The maximum Gasteiger partial charge on any atom is 0.271 e. The Morgan fingerprint density at radius 3 is 2.67 bits per heavy atom. The largest absolute Gasteiger partial charge is 0.493 e. The Morgan fingerprint density at radius 2 is 1.91 bits per heavy atom. The predicted octanol–water partition coefficient (Wildman–Crippen LogP) is 5.50. The molecule has 0 aliphatic carbocycles. The molecule has 0 bridgehead atoms. The Kier molecular flexibility index (Phi) is 8.60. The fraction of sp³-hybridized carbons (Fsp3) is 0.120. The zero-order valence-electron chi connectivity index (χ0n) is 17.9. The predicted molar refractivity (Wildman–Crippen MR) is 129 cm³/mol. The van der Waals surface area contributed by atoms with Gasteiger partial charge in [-0.3, -0.25) is 4.79 Å². The molecule has 0 spiro atoms. The minimum atomic E-state index is -0.419. The molecule has 3 aromatic carbocycles. The number of amides is 1. The van der Waals surface area contributed by atoms with Gasteiger partial charge in [0.15, 0.2) is 11.5 Å². The summed E-state index contributed by atoms with van der Waals surface area (Å²) >= 11 is 3.41. The van der Waals surface area contributed by atoms with Crippen molar-refractivity contribution < 1.29 is 23.4 Å². The van der Waals surface area contributed by atoms with Crippen LogP contribution in [-0.2, 0) is 6.61 Å². The van der Waals surface area contributed by atoms with Crippen molar-refractivity contribution in [3.63, 3.8) is 0 Å². The van der Waals surface area contributed by atoms with E-state index in [4.69, 9.17) is 14.2 Å². The number of nitrogens with zero attached hydrogens (tertiary/aromatic N) is 1. The van der Waals surface area contributed by atoms with Crippen molar-refractivity contribution >= 4 is 28.1 Å². The van der Waals surface area contributed by atoms with Crippen molar-refractivity contribution in [1.82, 2.24) is 5.43 Å². The van der Waals surface area contributed by atoms with Crippen LogP contribution in [0, 0.1) is 5.82 Å². The summed E-state index contributed by atoms with van der Waals surface area (Å²) < 4.78 is 30.8. The van der Waals surface area contributed by atoms with Crippen molar-refractivity contribution in [1.29, 1.82) is 0 Å². The van der Waals surface area contributed by atoms with Gasteiger partial charge in [-0.25, -0.2) is 9.82 Å². The zero-order chi connectivity index (χ0) is 23.6. The lowest BCUT2D eigenvalue weighted by Gasteiger charge is -2.11. The molecule has 0 atom stereocenters. The van der Waals surface area contributed by atoms with Crippen LogP contribution in [0.1, 0.15) is 21.5 Å². The maximum atomic E-state index is 13.4. The monoisotopic (exact) mass is 512 g/mol. The fourth-order valence-corrected chi connectivity index (χ4v) is 3.22. The molecule has 0 unspecified atom stereocenters. The molecule has 0 aliphatic rings. The van der Waals surface area contributed by atoms with E-state index >= 15 is 0 Å². The number of benzene rings is 3. The number of hydrazone groups is 1. The number of methoxy groups -OCH3 is 1. The van der Waals surface area contributed by atoms with Gasteiger partial charge in [0.2, 0.25) is 0 Å². The Bertz CT molecular complexity index is 1170. The quantitative estimate of drug-likeness (QED) is 0.221. The Balaban J connectivity index is 1.68. The Labute approximate surface area is 199 Å². The molecular formula is C25H22BrFN2O4. The summed E-state index contributed by atoms with van der Waals surface area (Å²) in [6.07, 6.45) is 3.09. The smallest absolute Gasteiger partial charge is 0.271 e.